The number of halogens is 4. The Morgan fingerprint density at radius 2 is 1.85 bits per heavy atom. The zero-order valence-corrected chi connectivity index (χ0v) is 18.2. The third kappa shape index (κ3) is 8.02. The van der Waals surface area contributed by atoms with Gasteiger partial charge in [-0.05, 0) is 39.2 Å². The van der Waals surface area contributed by atoms with Gasteiger partial charge in [0.1, 0.15) is 6.54 Å². The summed E-state index contributed by atoms with van der Waals surface area (Å²) in [6.07, 6.45) is 2.00. The molecule has 10 heteroatoms. The molecule has 148 valence electrons. The normalized spacial score (nSPS) is 11.6. The summed E-state index contributed by atoms with van der Waals surface area (Å²) in [6, 6.07) is 1.70. The predicted octanol–water partition coefficient (Wildman–Crippen LogP) is 3.36. The van der Waals surface area contributed by atoms with Crippen molar-refractivity contribution in [2.24, 2.45) is 4.99 Å². The van der Waals surface area contributed by atoms with E-state index in [1.54, 1.807) is 11.8 Å². The minimum Gasteiger partial charge on any atom is -0.357 e. The number of rotatable bonds is 7. The molecule has 0 bridgehead atoms. The van der Waals surface area contributed by atoms with E-state index < -0.39 is 29.0 Å². The van der Waals surface area contributed by atoms with Crippen LogP contribution < -0.4 is 16.0 Å². The molecule has 0 unspecified atom stereocenters. The van der Waals surface area contributed by atoms with E-state index >= 15 is 0 Å². The van der Waals surface area contributed by atoms with Gasteiger partial charge in [-0.15, -0.1) is 24.0 Å². The first-order valence-electron chi connectivity index (χ1n) is 7.71. The summed E-state index contributed by atoms with van der Waals surface area (Å²) < 4.78 is 39.5. The molecule has 0 fully saturated rings. The molecule has 0 atom stereocenters. The Hall–Kier alpha value is -1.17. The summed E-state index contributed by atoms with van der Waals surface area (Å²) in [5.74, 6) is -4.60. The minimum atomic E-state index is -1.63. The van der Waals surface area contributed by atoms with Crippen LogP contribution in [0.1, 0.15) is 20.8 Å². The van der Waals surface area contributed by atoms with Crippen LogP contribution in [0.5, 0.6) is 0 Å². The summed E-state index contributed by atoms with van der Waals surface area (Å²) >= 11 is 1.69. The highest BCUT2D eigenvalue weighted by atomic mass is 127. The molecule has 0 aliphatic carbocycles. The van der Waals surface area contributed by atoms with E-state index in [-0.39, 0.29) is 35.3 Å². The molecule has 0 aromatic heterocycles. The number of hydrogen-bond donors (Lipinski definition) is 3. The van der Waals surface area contributed by atoms with Gasteiger partial charge in [0.25, 0.3) is 0 Å². The van der Waals surface area contributed by atoms with Crippen molar-refractivity contribution in [3.05, 3.63) is 29.6 Å². The number of aliphatic imine (C=N–C) groups is 1. The van der Waals surface area contributed by atoms with Crippen LogP contribution in [0.25, 0.3) is 0 Å². The van der Waals surface area contributed by atoms with Gasteiger partial charge >= 0.3 is 0 Å². The zero-order chi connectivity index (χ0) is 19.0. The number of nitrogens with zero attached hydrogens (tertiary/aromatic N) is 1. The molecule has 1 aromatic carbocycles. The van der Waals surface area contributed by atoms with Gasteiger partial charge in [0.05, 0.1) is 5.69 Å². The largest absolute Gasteiger partial charge is 0.357 e. The second-order valence-electron chi connectivity index (χ2n) is 5.78. The lowest BCUT2D eigenvalue weighted by Gasteiger charge is -2.23. The van der Waals surface area contributed by atoms with E-state index in [9.17, 15) is 18.0 Å². The van der Waals surface area contributed by atoms with E-state index in [1.807, 2.05) is 13.2 Å². The molecular weight excluding hydrogens is 480 g/mol. The number of thioether (sulfide) groups is 1. The highest BCUT2D eigenvalue weighted by Crippen LogP contribution is 2.20. The molecule has 0 aliphatic heterocycles. The summed E-state index contributed by atoms with van der Waals surface area (Å²) in [6.45, 7) is 6.94. The van der Waals surface area contributed by atoms with Gasteiger partial charge in [0, 0.05) is 17.8 Å². The van der Waals surface area contributed by atoms with Gasteiger partial charge in [-0.3, -0.25) is 4.79 Å². The molecule has 1 rings (SSSR count). The summed E-state index contributed by atoms with van der Waals surface area (Å²) in [7, 11) is 0. The number of hydrogen-bond acceptors (Lipinski definition) is 3. The first-order valence-corrected chi connectivity index (χ1v) is 8.93. The van der Waals surface area contributed by atoms with E-state index in [4.69, 9.17) is 0 Å². The molecule has 26 heavy (non-hydrogen) atoms. The SMILES string of the molecule is CCNC(=NCC(=O)Nc1ccc(F)c(F)c1F)NCC(C)(C)SC.I. The smallest absolute Gasteiger partial charge is 0.246 e. The maximum absolute atomic E-state index is 13.5. The molecule has 1 amide bonds. The Morgan fingerprint density at radius 3 is 2.42 bits per heavy atom. The van der Waals surface area contributed by atoms with Gasteiger partial charge in [-0.2, -0.15) is 11.8 Å². The van der Waals surface area contributed by atoms with Crippen LogP contribution in [0.3, 0.4) is 0 Å². The van der Waals surface area contributed by atoms with Crippen LogP contribution >= 0.6 is 35.7 Å². The summed E-state index contributed by atoms with van der Waals surface area (Å²) in [5, 5.41) is 8.28. The van der Waals surface area contributed by atoms with Crippen molar-refractivity contribution >= 4 is 53.3 Å². The predicted molar refractivity (Wildman–Crippen MR) is 112 cm³/mol. The monoisotopic (exact) mass is 504 g/mol. The Bertz CT molecular complexity index is 644. The van der Waals surface area contributed by atoms with E-state index in [2.05, 4.69) is 34.8 Å². The number of carbonyl (C=O) groups excluding carboxylic acids is 1. The standard InChI is InChI=1S/C16H23F3N4OS.HI/c1-5-20-15(22-9-16(2,3)25-4)21-8-12(24)23-11-7-6-10(17)13(18)14(11)19;/h6-7H,5,8-9H2,1-4H3,(H,23,24)(H2,20,21,22);1H. The number of amides is 1. The first-order chi connectivity index (χ1) is 11.7. The highest BCUT2D eigenvalue weighted by molar-refractivity contribution is 14.0. The van der Waals surface area contributed by atoms with Gasteiger partial charge < -0.3 is 16.0 Å². The van der Waals surface area contributed by atoms with Crippen LogP contribution in [0, 0.1) is 17.5 Å². The Labute approximate surface area is 173 Å². The highest BCUT2D eigenvalue weighted by Gasteiger charge is 2.17. The number of guanidine groups is 1. The van der Waals surface area contributed by atoms with E-state index in [0.29, 0.717) is 19.0 Å². The van der Waals surface area contributed by atoms with Crippen molar-refractivity contribution in [2.75, 3.05) is 31.2 Å². The average molecular weight is 504 g/mol. The maximum Gasteiger partial charge on any atom is 0.246 e. The second-order valence-corrected chi connectivity index (χ2v) is 7.30. The fourth-order valence-electron chi connectivity index (χ4n) is 1.67. The lowest BCUT2D eigenvalue weighted by atomic mass is 10.2. The molecule has 0 saturated heterocycles. The molecule has 0 spiro atoms. The fraction of sp³-hybridized carbons (Fsp3) is 0.500. The molecule has 0 radical (unpaired) electrons. The summed E-state index contributed by atoms with van der Waals surface area (Å²) in [4.78, 5) is 16.0. The van der Waals surface area contributed by atoms with Crippen molar-refractivity contribution in [3.63, 3.8) is 0 Å². The van der Waals surface area contributed by atoms with Gasteiger partial charge in [-0.25, -0.2) is 18.2 Å². The van der Waals surface area contributed by atoms with Crippen LogP contribution in [0.2, 0.25) is 0 Å². The van der Waals surface area contributed by atoms with Gasteiger partial charge in [0.2, 0.25) is 5.91 Å². The van der Waals surface area contributed by atoms with Crippen molar-refractivity contribution in [1.82, 2.24) is 10.6 Å². The van der Waals surface area contributed by atoms with E-state index in [1.165, 1.54) is 0 Å². The maximum atomic E-state index is 13.5. The van der Waals surface area contributed by atoms with Crippen LogP contribution in [0.15, 0.2) is 17.1 Å². The lowest BCUT2D eigenvalue weighted by molar-refractivity contribution is -0.114. The molecule has 1 aromatic rings. The molecule has 5 nitrogen and oxygen atoms in total. The van der Waals surface area contributed by atoms with Gasteiger partial charge in [0.15, 0.2) is 23.4 Å². The van der Waals surface area contributed by atoms with Crippen molar-refractivity contribution in [2.45, 2.75) is 25.5 Å². The van der Waals surface area contributed by atoms with Crippen LogP contribution in [0.4, 0.5) is 18.9 Å². The first kappa shape index (κ1) is 24.8. The molecule has 3 N–H and O–H groups in total. The zero-order valence-electron chi connectivity index (χ0n) is 15.1. The molecule has 0 saturated carbocycles. The van der Waals surface area contributed by atoms with E-state index in [0.717, 1.165) is 12.1 Å². The minimum absolute atomic E-state index is 0. The number of anilines is 1. The van der Waals surface area contributed by atoms with Crippen LogP contribution in [-0.4, -0.2) is 42.5 Å². The molecule has 0 aliphatic rings. The second kappa shape index (κ2) is 11.5. The molecule has 0 heterocycles. The number of benzene rings is 1. The Morgan fingerprint density at radius 1 is 1.19 bits per heavy atom. The average Bonchev–Trinajstić information content (AvgIpc) is 2.58. The Balaban J connectivity index is 0.00000625. The lowest BCUT2D eigenvalue weighted by Crippen LogP contribution is -2.43. The third-order valence-corrected chi connectivity index (χ3v) is 4.52. The third-order valence-electron chi connectivity index (χ3n) is 3.27. The van der Waals surface area contributed by atoms with Crippen LogP contribution in [-0.2, 0) is 4.79 Å². The van der Waals surface area contributed by atoms with Crippen molar-refractivity contribution in [1.29, 1.82) is 0 Å². The molecular formula is C16H24F3IN4OS. The summed E-state index contributed by atoms with van der Waals surface area (Å²) in [5.41, 5.74) is -0.430. The quantitative estimate of drug-likeness (QED) is 0.231. The van der Waals surface area contributed by atoms with Gasteiger partial charge in [-0.1, -0.05) is 0 Å². The number of nitrogens with one attached hydrogen (secondary N) is 3. The fourth-order valence-corrected chi connectivity index (χ4v) is 1.89. The number of carbonyl (C=O) groups is 1. The Kier molecular flexibility index (Phi) is 11.0. The van der Waals surface area contributed by atoms with Crippen molar-refractivity contribution < 1.29 is 18.0 Å². The topological polar surface area (TPSA) is 65.5 Å². The van der Waals surface area contributed by atoms with Crippen molar-refractivity contribution in [3.8, 4) is 0 Å².